The Morgan fingerprint density at radius 1 is 1.09 bits per heavy atom. The van der Waals surface area contributed by atoms with Gasteiger partial charge in [-0.1, -0.05) is 30.9 Å². The molecule has 0 bridgehead atoms. The van der Waals surface area contributed by atoms with Crippen LogP contribution in [0, 0.1) is 0 Å². The molecule has 4 nitrogen and oxygen atoms in total. The van der Waals surface area contributed by atoms with Crippen LogP contribution >= 0.6 is 15.9 Å². The van der Waals surface area contributed by atoms with E-state index in [-0.39, 0.29) is 6.61 Å². The second-order valence-corrected chi connectivity index (χ2v) is 5.40. The summed E-state index contributed by atoms with van der Waals surface area (Å²) in [5, 5.41) is 0. The van der Waals surface area contributed by atoms with Crippen LogP contribution in [0.4, 0.5) is 0 Å². The van der Waals surface area contributed by atoms with E-state index >= 15 is 0 Å². The molecule has 23 heavy (non-hydrogen) atoms. The minimum atomic E-state index is -0.399. The number of para-hydroxylation sites is 1. The summed E-state index contributed by atoms with van der Waals surface area (Å²) < 4.78 is 16.9. The van der Waals surface area contributed by atoms with Crippen LogP contribution < -0.4 is 9.47 Å². The lowest BCUT2D eigenvalue weighted by molar-refractivity contribution is 0.0549. The number of ether oxygens (including phenoxy) is 3. The van der Waals surface area contributed by atoms with Gasteiger partial charge in [0.25, 0.3) is 0 Å². The van der Waals surface area contributed by atoms with E-state index in [1.54, 1.807) is 18.2 Å². The Hall–Kier alpha value is -2.27. The lowest BCUT2D eigenvalue weighted by Gasteiger charge is -2.10. The van der Waals surface area contributed by atoms with E-state index in [9.17, 15) is 4.79 Å². The van der Waals surface area contributed by atoms with Gasteiger partial charge in [-0.2, -0.15) is 0 Å². The van der Waals surface area contributed by atoms with E-state index in [4.69, 9.17) is 14.2 Å². The molecule has 0 aromatic heterocycles. The summed E-state index contributed by atoms with van der Waals surface area (Å²) in [4.78, 5) is 11.7. The van der Waals surface area contributed by atoms with Gasteiger partial charge >= 0.3 is 5.97 Å². The fourth-order valence-corrected chi connectivity index (χ4v) is 2.28. The average Bonchev–Trinajstić information content (AvgIpc) is 2.58. The number of rotatable bonds is 8. The minimum Gasteiger partial charge on any atom is -0.490 e. The summed E-state index contributed by atoms with van der Waals surface area (Å²) in [7, 11) is 0. The maximum absolute atomic E-state index is 11.7. The Morgan fingerprint density at radius 3 is 2.52 bits per heavy atom. The van der Waals surface area contributed by atoms with Crippen LogP contribution in [0.1, 0.15) is 10.4 Å². The van der Waals surface area contributed by atoms with E-state index in [0.29, 0.717) is 29.0 Å². The highest BCUT2D eigenvalue weighted by Crippen LogP contribution is 2.26. The molecule has 0 fully saturated rings. The van der Waals surface area contributed by atoms with E-state index in [2.05, 4.69) is 22.5 Å². The summed E-state index contributed by atoms with van der Waals surface area (Å²) in [6, 6.07) is 14.6. The van der Waals surface area contributed by atoms with Crippen LogP contribution in [0.5, 0.6) is 11.5 Å². The van der Waals surface area contributed by atoms with Gasteiger partial charge in [0, 0.05) is 0 Å². The number of carbonyl (C=O) groups excluding carboxylic acids is 1. The first-order chi connectivity index (χ1) is 11.2. The molecule has 0 aliphatic heterocycles. The van der Waals surface area contributed by atoms with Crippen LogP contribution in [-0.2, 0) is 4.74 Å². The molecule has 0 heterocycles. The molecule has 120 valence electrons. The standard InChI is InChI=1S/C18H17BrO4/c1-2-10-23-18(20)14-8-9-17(16(19)13-14)22-12-11-21-15-6-4-3-5-7-15/h2-9,13H,1,10-12H2. The first-order valence-corrected chi connectivity index (χ1v) is 7.88. The van der Waals surface area contributed by atoms with Gasteiger partial charge < -0.3 is 14.2 Å². The fourth-order valence-electron chi connectivity index (χ4n) is 1.79. The quantitative estimate of drug-likeness (QED) is 0.392. The summed E-state index contributed by atoms with van der Waals surface area (Å²) in [5.74, 6) is 1.04. The lowest BCUT2D eigenvalue weighted by Crippen LogP contribution is -2.10. The van der Waals surface area contributed by atoms with Crippen molar-refractivity contribution in [2.24, 2.45) is 0 Å². The topological polar surface area (TPSA) is 44.8 Å². The van der Waals surface area contributed by atoms with Crippen molar-refractivity contribution in [1.82, 2.24) is 0 Å². The molecular weight excluding hydrogens is 360 g/mol. The zero-order valence-corrected chi connectivity index (χ0v) is 14.1. The molecule has 2 aromatic rings. The number of esters is 1. The van der Waals surface area contributed by atoms with E-state index in [1.165, 1.54) is 6.08 Å². The Morgan fingerprint density at radius 2 is 1.83 bits per heavy atom. The maximum Gasteiger partial charge on any atom is 0.338 e. The van der Waals surface area contributed by atoms with Gasteiger partial charge in [-0.25, -0.2) is 4.79 Å². The smallest absolute Gasteiger partial charge is 0.338 e. The van der Waals surface area contributed by atoms with Gasteiger partial charge in [0.05, 0.1) is 10.0 Å². The molecule has 0 saturated heterocycles. The van der Waals surface area contributed by atoms with Crippen molar-refractivity contribution in [3.63, 3.8) is 0 Å². The third-order valence-corrected chi connectivity index (χ3v) is 3.47. The SMILES string of the molecule is C=CCOC(=O)c1ccc(OCCOc2ccccc2)c(Br)c1. The lowest BCUT2D eigenvalue weighted by atomic mass is 10.2. The molecular formula is C18H17BrO4. The molecule has 0 atom stereocenters. The third-order valence-electron chi connectivity index (χ3n) is 2.85. The van der Waals surface area contributed by atoms with Crippen molar-refractivity contribution in [3.8, 4) is 11.5 Å². The zero-order valence-electron chi connectivity index (χ0n) is 12.5. The second-order valence-electron chi connectivity index (χ2n) is 4.54. The summed E-state index contributed by atoms with van der Waals surface area (Å²) >= 11 is 3.39. The number of benzene rings is 2. The third kappa shape index (κ3) is 5.45. The van der Waals surface area contributed by atoms with Gasteiger partial charge in [-0.15, -0.1) is 0 Å². The summed E-state index contributed by atoms with van der Waals surface area (Å²) in [6.07, 6.45) is 1.52. The molecule has 0 saturated carbocycles. The molecule has 0 amide bonds. The Kier molecular flexibility index (Phi) is 6.69. The number of hydrogen-bond donors (Lipinski definition) is 0. The normalized spacial score (nSPS) is 9.96. The van der Waals surface area contributed by atoms with Crippen molar-refractivity contribution in [1.29, 1.82) is 0 Å². The number of carbonyl (C=O) groups is 1. The van der Waals surface area contributed by atoms with E-state index in [0.717, 1.165) is 5.75 Å². The second kappa shape index (κ2) is 9.00. The molecule has 0 spiro atoms. The van der Waals surface area contributed by atoms with Crippen molar-refractivity contribution in [3.05, 3.63) is 71.2 Å². The van der Waals surface area contributed by atoms with Crippen molar-refractivity contribution in [2.75, 3.05) is 19.8 Å². The predicted octanol–water partition coefficient (Wildman–Crippen LogP) is 4.25. The fraction of sp³-hybridized carbons (Fsp3) is 0.167. The van der Waals surface area contributed by atoms with Crippen LogP contribution in [0.15, 0.2) is 65.7 Å². The van der Waals surface area contributed by atoms with E-state index < -0.39 is 5.97 Å². The van der Waals surface area contributed by atoms with Crippen LogP contribution in [0.25, 0.3) is 0 Å². The molecule has 0 N–H and O–H groups in total. The van der Waals surface area contributed by atoms with Gasteiger partial charge in [-0.3, -0.25) is 0 Å². The first-order valence-electron chi connectivity index (χ1n) is 7.09. The van der Waals surface area contributed by atoms with Crippen LogP contribution in [-0.4, -0.2) is 25.8 Å². The minimum absolute atomic E-state index is 0.186. The highest BCUT2D eigenvalue weighted by molar-refractivity contribution is 9.10. The highest BCUT2D eigenvalue weighted by Gasteiger charge is 2.10. The van der Waals surface area contributed by atoms with Gasteiger partial charge in [-0.05, 0) is 46.3 Å². The summed E-state index contributed by atoms with van der Waals surface area (Å²) in [5.41, 5.74) is 0.451. The van der Waals surface area contributed by atoms with Crippen molar-refractivity contribution in [2.45, 2.75) is 0 Å². The molecule has 0 aliphatic carbocycles. The monoisotopic (exact) mass is 376 g/mol. The first kappa shape index (κ1) is 17.1. The highest BCUT2D eigenvalue weighted by atomic mass is 79.9. The number of hydrogen-bond acceptors (Lipinski definition) is 4. The zero-order chi connectivity index (χ0) is 16.5. The van der Waals surface area contributed by atoms with E-state index in [1.807, 2.05) is 30.3 Å². The molecule has 0 radical (unpaired) electrons. The Labute approximate surface area is 143 Å². The maximum atomic E-state index is 11.7. The largest absolute Gasteiger partial charge is 0.490 e. The Bertz CT molecular complexity index is 655. The van der Waals surface area contributed by atoms with Gasteiger partial charge in [0.15, 0.2) is 0 Å². The van der Waals surface area contributed by atoms with Gasteiger partial charge in [0.1, 0.15) is 31.3 Å². The van der Waals surface area contributed by atoms with Crippen LogP contribution in [0.3, 0.4) is 0 Å². The molecule has 5 heteroatoms. The molecule has 2 aromatic carbocycles. The molecule has 0 aliphatic rings. The average molecular weight is 377 g/mol. The molecule has 0 unspecified atom stereocenters. The molecule has 2 rings (SSSR count). The summed E-state index contributed by atoms with van der Waals surface area (Å²) in [6.45, 7) is 4.52. The Balaban J connectivity index is 1.83. The predicted molar refractivity (Wildman–Crippen MR) is 92.1 cm³/mol. The van der Waals surface area contributed by atoms with Gasteiger partial charge in [0.2, 0.25) is 0 Å². The van der Waals surface area contributed by atoms with Crippen molar-refractivity contribution < 1.29 is 19.0 Å². The van der Waals surface area contributed by atoms with Crippen molar-refractivity contribution >= 4 is 21.9 Å². The number of halogens is 1. The van der Waals surface area contributed by atoms with Crippen LogP contribution in [0.2, 0.25) is 0 Å².